The number of benzene rings is 1. The average molecular weight is 295 g/mol. The zero-order valence-corrected chi connectivity index (χ0v) is 11.9. The maximum absolute atomic E-state index is 12.2. The van der Waals surface area contributed by atoms with Crippen LogP contribution in [0.15, 0.2) is 40.7 Å². The first-order valence-corrected chi connectivity index (χ1v) is 7.10. The molecule has 0 aromatic carbocycles. The van der Waals surface area contributed by atoms with Gasteiger partial charge >= 0.3 is 0 Å². The van der Waals surface area contributed by atoms with E-state index in [-0.39, 0.29) is 17.5 Å². The summed E-state index contributed by atoms with van der Waals surface area (Å²) < 4.78 is 1.92. The molecule has 2 heterocycles. The molecule has 5 heteroatoms. The Balaban J connectivity index is 1.98. The first-order valence-electron chi connectivity index (χ1n) is 7.10. The SMILES string of the molecule is CC1=CC(=O)C(=O)C2Cn3c4cc(=O)c(O)cc-4ccc3C12. The number of aromatic nitrogens is 1. The molecular weight excluding hydrogens is 282 g/mol. The lowest BCUT2D eigenvalue weighted by atomic mass is 9.78. The molecule has 1 N–H and O–H groups in total. The van der Waals surface area contributed by atoms with E-state index in [0.717, 1.165) is 16.8 Å². The van der Waals surface area contributed by atoms with Crippen LogP contribution < -0.4 is 5.43 Å². The number of carbonyl (C=O) groups excluding carboxylic acids is 2. The first kappa shape index (κ1) is 13.0. The summed E-state index contributed by atoms with van der Waals surface area (Å²) in [5, 5.41) is 9.56. The van der Waals surface area contributed by atoms with Gasteiger partial charge in [-0.05, 0) is 25.1 Å². The molecule has 4 rings (SSSR count). The Morgan fingerprint density at radius 2 is 1.95 bits per heavy atom. The standard InChI is InChI=1S/C17H13NO4/c1-8-4-15(21)17(22)10-7-18-11(16(8)10)3-2-9-5-13(19)14(20)6-12(9)18/h2-6,10,16,19H,7H2,1H3. The Bertz CT molecular complexity index is 905. The van der Waals surface area contributed by atoms with E-state index in [4.69, 9.17) is 0 Å². The van der Waals surface area contributed by atoms with E-state index < -0.39 is 17.1 Å². The van der Waals surface area contributed by atoms with E-state index in [9.17, 15) is 19.5 Å². The van der Waals surface area contributed by atoms with Gasteiger partial charge in [0.2, 0.25) is 17.0 Å². The average Bonchev–Trinajstić information content (AvgIpc) is 2.87. The van der Waals surface area contributed by atoms with Gasteiger partial charge < -0.3 is 9.67 Å². The highest BCUT2D eigenvalue weighted by atomic mass is 16.3. The van der Waals surface area contributed by atoms with Crippen LogP contribution in [0.2, 0.25) is 0 Å². The van der Waals surface area contributed by atoms with E-state index in [0.29, 0.717) is 12.2 Å². The molecule has 2 unspecified atom stereocenters. The number of fused-ring (bicyclic) bond motifs is 5. The number of ketones is 2. The van der Waals surface area contributed by atoms with Gasteiger partial charge in [0.05, 0.1) is 11.6 Å². The topological polar surface area (TPSA) is 76.4 Å². The van der Waals surface area contributed by atoms with Crippen molar-refractivity contribution in [2.75, 3.05) is 0 Å². The summed E-state index contributed by atoms with van der Waals surface area (Å²) in [6.45, 7) is 2.25. The number of aromatic hydroxyl groups is 1. The molecule has 22 heavy (non-hydrogen) atoms. The molecule has 0 saturated heterocycles. The Morgan fingerprint density at radius 1 is 1.18 bits per heavy atom. The minimum atomic E-state index is -0.446. The van der Waals surface area contributed by atoms with Gasteiger partial charge in [-0.1, -0.05) is 11.6 Å². The fourth-order valence-electron chi connectivity index (χ4n) is 3.66. The normalized spacial score (nSPS) is 23.4. The number of rotatable bonds is 0. The van der Waals surface area contributed by atoms with Gasteiger partial charge in [0, 0.05) is 29.8 Å². The summed E-state index contributed by atoms with van der Waals surface area (Å²) in [6, 6.07) is 6.55. The number of Topliss-reactive ketones (excluding diaryl/α,β-unsaturated/α-hetero) is 1. The smallest absolute Gasteiger partial charge is 0.222 e. The third-order valence-electron chi connectivity index (χ3n) is 4.67. The van der Waals surface area contributed by atoms with Crippen molar-refractivity contribution in [2.45, 2.75) is 19.4 Å². The molecule has 2 atom stereocenters. The number of nitrogens with zero attached hydrogens (tertiary/aromatic N) is 1. The molecule has 2 aliphatic heterocycles. The zero-order chi connectivity index (χ0) is 15.6. The van der Waals surface area contributed by atoms with E-state index >= 15 is 0 Å². The fourth-order valence-corrected chi connectivity index (χ4v) is 3.66. The van der Waals surface area contributed by atoms with Crippen LogP contribution >= 0.6 is 0 Å². The second-order valence-corrected chi connectivity index (χ2v) is 5.95. The quantitative estimate of drug-likeness (QED) is 0.747. The molecule has 0 radical (unpaired) electrons. The molecule has 0 bridgehead atoms. The Hall–Kier alpha value is -2.69. The van der Waals surface area contributed by atoms with Gasteiger partial charge in [-0.25, -0.2) is 0 Å². The van der Waals surface area contributed by atoms with Crippen molar-refractivity contribution in [3.05, 3.63) is 51.8 Å². The van der Waals surface area contributed by atoms with Crippen molar-refractivity contribution in [1.29, 1.82) is 0 Å². The van der Waals surface area contributed by atoms with Crippen LogP contribution in [0.25, 0.3) is 11.3 Å². The molecule has 110 valence electrons. The number of carbonyl (C=O) groups is 2. The van der Waals surface area contributed by atoms with E-state index in [2.05, 4.69) is 0 Å². The molecule has 5 nitrogen and oxygen atoms in total. The summed E-state index contributed by atoms with van der Waals surface area (Å²) >= 11 is 0. The van der Waals surface area contributed by atoms with Crippen molar-refractivity contribution in [3.8, 4) is 17.0 Å². The molecule has 4 aliphatic rings. The lowest BCUT2D eigenvalue weighted by Gasteiger charge is -2.22. The lowest BCUT2D eigenvalue weighted by Crippen LogP contribution is -2.30. The van der Waals surface area contributed by atoms with Gasteiger partial charge in [-0.15, -0.1) is 0 Å². The number of allylic oxidation sites excluding steroid dienone is 2. The fraction of sp³-hybridized carbons (Fsp3) is 0.235. The number of pyridine rings is 1. The molecule has 0 saturated carbocycles. The molecular formula is C17H13NO4. The predicted octanol–water partition coefficient (Wildman–Crippen LogP) is 1.47. The van der Waals surface area contributed by atoms with Crippen LogP contribution in [0.5, 0.6) is 5.75 Å². The third kappa shape index (κ3) is 1.56. The van der Waals surface area contributed by atoms with Crippen molar-refractivity contribution in [2.24, 2.45) is 5.92 Å². The van der Waals surface area contributed by atoms with Gasteiger partial charge in [-0.2, -0.15) is 0 Å². The van der Waals surface area contributed by atoms with E-state index in [1.165, 1.54) is 18.2 Å². The number of phenolic OH excluding ortho intramolecular Hbond substituents is 1. The van der Waals surface area contributed by atoms with Crippen LogP contribution in [0.3, 0.4) is 0 Å². The van der Waals surface area contributed by atoms with Gasteiger partial charge in [0.15, 0.2) is 5.75 Å². The number of phenols is 1. The third-order valence-corrected chi connectivity index (χ3v) is 4.67. The maximum Gasteiger partial charge on any atom is 0.222 e. The predicted molar refractivity (Wildman–Crippen MR) is 79.0 cm³/mol. The highest BCUT2D eigenvalue weighted by Gasteiger charge is 2.43. The molecule has 0 aromatic heterocycles. The second kappa shape index (κ2) is 4.16. The molecule has 2 aliphatic carbocycles. The van der Waals surface area contributed by atoms with Gasteiger partial charge in [0.25, 0.3) is 0 Å². The van der Waals surface area contributed by atoms with E-state index in [1.54, 1.807) is 0 Å². The summed E-state index contributed by atoms with van der Waals surface area (Å²) in [5.41, 5.74) is 2.78. The van der Waals surface area contributed by atoms with Crippen molar-refractivity contribution in [1.82, 2.24) is 4.57 Å². The Morgan fingerprint density at radius 3 is 2.73 bits per heavy atom. The van der Waals surface area contributed by atoms with Crippen molar-refractivity contribution >= 4 is 11.6 Å². The zero-order valence-electron chi connectivity index (χ0n) is 11.9. The molecule has 0 fully saturated rings. The van der Waals surface area contributed by atoms with Crippen LogP contribution in [-0.4, -0.2) is 21.2 Å². The lowest BCUT2D eigenvalue weighted by molar-refractivity contribution is -0.137. The van der Waals surface area contributed by atoms with Crippen molar-refractivity contribution in [3.63, 3.8) is 0 Å². The minimum absolute atomic E-state index is 0.112. The van der Waals surface area contributed by atoms with Gasteiger partial charge in [0.1, 0.15) is 0 Å². The van der Waals surface area contributed by atoms with Gasteiger partial charge in [-0.3, -0.25) is 14.4 Å². The summed E-state index contributed by atoms with van der Waals surface area (Å²) in [6.07, 6.45) is 1.42. The van der Waals surface area contributed by atoms with E-state index in [1.807, 2.05) is 23.6 Å². The second-order valence-electron chi connectivity index (χ2n) is 5.95. The minimum Gasteiger partial charge on any atom is -0.504 e. The van der Waals surface area contributed by atoms with Crippen LogP contribution in [-0.2, 0) is 16.1 Å². The highest BCUT2D eigenvalue weighted by Crippen LogP contribution is 2.44. The molecule has 0 aromatic rings. The summed E-state index contributed by atoms with van der Waals surface area (Å²) in [7, 11) is 0. The maximum atomic E-state index is 12.2. The Labute approximate surface area is 125 Å². The molecule has 0 spiro atoms. The number of hydrogen-bond acceptors (Lipinski definition) is 4. The van der Waals surface area contributed by atoms with Crippen molar-refractivity contribution < 1.29 is 14.7 Å². The first-order chi connectivity index (χ1) is 10.5. The van der Waals surface area contributed by atoms with Crippen LogP contribution in [0.1, 0.15) is 18.5 Å². The Kier molecular flexibility index (Phi) is 2.46. The summed E-state index contributed by atoms with van der Waals surface area (Å²) in [4.78, 5) is 35.6. The number of hydrogen-bond donors (Lipinski definition) is 1. The summed E-state index contributed by atoms with van der Waals surface area (Å²) in [5.74, 6) is -1.61. The molecule has 0 amide bonds. The highest BCUT2D eigenvalue weighted by molar-refractivity contribution is 6.43. The van der Waals surface area contributed by atoms with Crippen LogP contribution in [0, 0.1) is 5.92 Å². The monoisotopic (exact) mass is 295 g/mol. The van der Waals surface area contributed by atoms with Crippen LogP contribution in [0.4, 0.5) is 0 Å². The largest absolute Gasteiger partial charge is 0.504 e.